The Bertz CT molecular complexity index is 1220. The zero-order chi connectivity index (χ0) is 22.1. The van der Waals surface area contributed by atoms with Gasteiger partial charge in [0.05, 0.1) is 15.5 Å². The fourth-order valence-corrected chi connectivity index (χ4v) is 5.31. The molecule has 1 fully saturated rings. The smallest absolute Gasteiger partial charge is 0.339 e. The number of rotatable bonds is 4. The molecule has 0 N–H and O–H groups in total. The van der Waals surface area contributed by atoms with Gasteiger partial charge in [0.2, 0.25) is 5.78 Å². The van der Waals surface area contributed by atoms with Crippen LogP contribution < -0.4 is 0 Å². The van der Waals surface area contributed by atoms with Crippen LogP contribution in [-0.4, -0.2) is 17.9 Å². The topological polar surface area (TPSA) is 56.5 Å². The van der Waals surface area contributed by atoms with Crippen LogP contribution in [0.15, 0.2) is 68.8 Å². The Labute approximate surface area is 195 Å². The van der Waals surface area contributed by atoms with Crippen LogP contribution in [-0.2, 0) is 4.74 Å². The molecular weight excluding hydrogens is 444 g/mol. The van der Waals surface area contributed by atoms with Gasteiger partial charge in [0.1, 0.15) is 17.6 Å². The van der Waals surface area contributed by atoms with Crippen molar-refractivity contribution in [1.82, 2.24) is 0 Å². The van der Waals surface area contributed by atoms with Gasteiger partial charge < -0.3 is 9.15 Å². The summed E-state index contributed by atoms with van der Waals surface area (Å²) in [7, 11) is 0. The summed E-state index contributed by atoms with van der Waals surface area (Å²) >= 11 is 7.74. The summed E-state index contributed by atoms with van der Waals surface area (Å²) < 4.78 is 11.6. The van der Waals surface area contributed by atoms with E-state index in [9.17, 15) is 9.59 Å². The van der Waals surface area contributed by atoms with Crippen molar-refractivity contribution >= 4 is 41.2 Å². The van der Waals surface area contributed by atoms with Crippen molar-refractivity contribution in [2.24, 2.45) is 0 Å². The van der Waals surface area contributed by atoms with Crippen LogP contribution >= 0.6 is 23.4 Å². The lowest BCUT2D eigenvalue weighted by atomic mass is 9.98. The van der Waals surface area contributed by atoms with Gasteiger partial charge in [-0.15, -0.1) is 0 Å². The second-order valence-electron chi connectivity index (χ2n) is 8.00. The molecule has 162 valence electrons. The highest BCUT2D eigenvalue weighted by Crippen LogP contribution is 2.41. The van der Waals surface area contributed by atoms with Crippen molar-refractivity contribution in [3.05, 3.63) is 81.4 Å². The first-order valence-electron chi connectivity index (χ1n) is 10.7. The quantitative estimate of drug-likeness (QED) is 0.297. The molecule has 2 aromatic carbocycles. The molecule has 0 radical (unpaired) electrons. The van der Waals surface area contributed by atoms with E-state index in [1.165, 1.54) is 18.2 Å². The second kappa shape index (κ2) is 9.00. The number of ketones is 1. The minimum Gasteiger partial charge on any atom is -0.459 e. The van der Waals surface area contributed by atoms with Crippen molar-refractivity contribution in [3.8, 4) is 11.3 Å². The number of fused-ring (bicyclic) bond motifs is 1. The molecule has 1 aromatic heterocycles. The lowest BCUT2D eigenvalue weighted by Crippen LogP contribution is -2.21. The normalized spacial score (nSPS) is 17.5. The molecule has 1 aliphatic carbocycles. The molecule has 0 atom stereocenters. The highest BCUT2D eigenvalue weighted by Gasteiger charge is 2.26. The van der Waals surface area contributed by atoms with Crippen molar-refractivity contribution in [2.45, 2.75) is 43.1 Å². The number of halogens is 1. The minimum absolute atomic E-state index is 0.00258. The van der Waals surface area contributed by atoms with E-state index in [0.29, 0.717) is 32.6 Å². The molecule has 6 heteroatoms. The van der Waals surface area contributed by atoms with Crippen LogP contribution in [0.2, 0.25) is 5.02 Å². The Hall–Kier alpha value is -2.76. The fraction of sp³-hybridized carbons (Fsp3) is 0.231. The Kier molecular flexibility index (Phi) is 5.94. The second-order valence-corrected chi connectivity index (χ2v) is 9.49. The molecule has 4 nitrogen and oxygen atoms in total. The maximum absolute atomic E-state index is 12.7. The molecule has 0 amide bonds. The molecule has 0 saturated heterocycles. The van der Waals surface area contributed by atoms with Gasteiger partial charge in [0.25, 0.3) is 0 Å². The summed E-state index contributed by atoms with van der Waals surface area (Å²) in [6.45, 7) is 0. The van der Waals surface area contributed by atoms with Crippen LogP contribution in [0.5, 0.6) is 0 Å². The van der Waals surface area contributed by atoms with Gasteiger partial charge in [0, 0.05) is 16.0 Å². The summed E-state index contributed by atoms with van der Waals surface area (Å²) in [5.74, 6) is 0.768. The molecule has 0 spiro atoms. The maximum atomic E-state index is 12.7. The first-order valence-corrected chi connectivity index (χ1v) is 11.9. The molecule has 1 saturated carbocycles. The summed E-state index contributed by atoms with van der Waals surface area (Å²) in [6.07, 6.45) is 6.88. The molecule has 32 heavy (non-hydrogen) atoms. The lowest BCUT2D eigenvalue weighted by Gasteiger charge is -2.22. The number of allylic oxidation sites excluding steroid dienone is 1. The van der Waals surface area contributed by atoms with Crippen LogP contribution in [0.1, 0.15) is 58.6 Å². The molecule has 3 aromatic rings. The number of carbonyl (C=O) groups is 2. The molecule has 2 heterocycles. The summed E-state index contributed by atoms with van der Waals surface area (Å²) in [6, 6.07) is 16.4. The SMILES string of the molecule is O=C(OC1CCCCC1)c1cc(-c2ccc(/C=C3\Sc4ccccc4C3=O)o2)ccc1Cl. The van der Waals surface area contributed by atoms with Gasteiger partial charge in [-0.05, 0) is 74.2 Å². The number of Topliss-reactive ketones (excluding diaryl/α,β-unsaturated/α-hetero) is 1. The highest BCUT2D eigenvalue weighted by atomic mass is 35.5. The summed E-state index contributed by atoms with van der Waals surface area (Å²) in [5, 5.41) is 0.356. The van der Waals surface area contributed by atoms with E-state index >= 15 is 0 Å². The predicted octanol–water partition coefficient (Wildman–Crippen LogP) is 7.42. The summed E-state index contributed by atoms with van der Waals surface area (Å²) in [5.41, 5.74) is 1.78. The first-order chi connectivity index (χ1) is 15.6. The monoisotopic (exact) mass is 464 g/mol. The van der Waals surface area contributed by atoms with E-state index in [1.807, 2.05) is 36.4 Å². The van der Waals surface area contributed by atoms with E-state index < -0.39 is 5.97 Å². The number of furan rings is 1. The third-order valence-corrected chi connectivity index (χ3v) is 7.20. The number of hydrogen-bond donors (Lipinski definition) is 0. The van der Waals surface area contributed by atoms with E-state index in [0.717, 1.165) is 36.1 Å². The van der Waals surface area contributed by atoms with Crippen molar-refractivity contribution < 1.29 is 18.7 Å². The average molecular weight is 465 g/mol. The molecular formula is C26H21ClO4S. The van der Waals surface area contributed by atoms with Crippen LogP contribution in [0.25, 0.3) is 17.4 Å². The van der Waals surface area contributed by atoms with Gasteiger partial charge in [0.15, 0.2) is 0 Å². The van der Waals surface area contributed by atoms with Gasteiger partial charge in [-0.25, -0.2) is 4.79 Å². The zero-order valence-corrected chi connectivity index (χ0v) is 18.9. The van der Waals surface area contributed by atoms with Crippen LogP contribution in [0, 0.1) is 0 Å². The predicted molar refractivity (Wildman–Crippen MR) is 126 cm³/mol. The van der Waals surface area contributed by atoms with Crippen LogP contribution in [0.4, 0.5) is 0 Å². The van der Waals surface area contributed by atoms with Crippen molar-refractivity contribution in [2.75, 3.05) is 0 Å². The standard InChI is InChI=1S/C26H21ClO4S/c27-21-12-10-16(14-20(21)26(29)31-17-6-2-1-3-7-17)22-13-11-18(30-22)15-24-25(28)19-8-4-5-9-23(19)32-24/h4-5,8-15,17H,1-3,6-7H2/b24-15-. The highest BCUT2D eigenvalue weighted by molar-refractivity contribution is 8.04. The van der Waals surface area contributed by atoms with Gasteiger partial charge in [-0.2, -0.15) is 0 Å². The molecule has 0 unspecified atom stereocenters. The Morgan fingerprint density at radius 1 is 1.06 bits per heavy atom. The number of carbonyl (C=O) groups excluding carboxylic acids is 2. The van der Waals surface area contributed by atoms with Gasteiger partial charge in [-0.3, -0.25) is 4.79 Å². The zero-order valence-electron chi connectivity index (χ0n) is 17.3. The van der Waals surface area contributed by atoms with Gasteiger partial charge >= 0.3 is 5.97 Å². The molecule has 1 aliphatic heterocycles. The van der Waals surface area contributed by atoms with E-state index in [2.05, 4.69) is 0 Å². The molecule has 2 aliphatic rings. The van der Waals surface area contributed by atoms with Crippen molar-refractivity contribution in [3.63, 3.8) is 0 Å². The summed E-state index contributed by atoms with van der Waals surface area (Å²) in [4.78, 5) is 26.9. The Morgan fingerprint density at radius 3 is 2.69 bits per heavy atom. The van der Waals surface area contributed by atoms with E-state index in [-0.39, 0.29) is 11.9 Å². The molecule has 0 bridgehead atoms. The van der Waals surface area contributed by atoms with E-state index in [1.54, 1.807) is 24.3 Å². The fourth-order valence-electron chi connectivity index (χ4n) is 4.08. The Balaban J connectivity index is 1.36. The number of benzene rings is 2. The maximum Gasteiger partial charge on any atom is 0.339 e. The largest absolute Gasteiger partial charge is 0.459 e. The number of hydrogen-bond acceptors (Lipinski definition) is 5. The third-order valence-electron chi connectivity index (χ3n) is 5.77. The Morgan fingerprint density at radius 2 is 1.88 bits per heavy atom. The van der Waals surface area contributed by atoms with Crippen LogP contribution in [0.3, 0.4) is 0 Å². The average Bonchev–Trinajstić information content (AvgIpc) is 3.40. The number of thioether (sulfide) groups is 1. The minimum atomic E-state index is -0.400. The lowest BCUT2D eigenvalue weighted by molar-refractivity contribution is 0.0211. The van der Waals surface area contributed by atoms with E-state index in [4.69, 9.17) is 20.8 Å². The number of ether oxygens (including phenoxy) is 1. The molecule has 5 rings (SSSR count). The first kappa shape index (κ1) is 21.1. The third kappa shape index (κ3) is 4.27. The number of esters is 1. The van der Waals surface area contributed by atoms with Gasteiger partial charge in [-0.1, -0.05) is 41.9 Å². The van der Waals surface area contributed by atoms with Crippen molar-refractivity contribution in [1.29, 1.82) is 0 Å².